The van der Waals surface area contributed by atoms with Crippen LogP contribution in [0.4, 0.5) is 0 Å². The largest absolute Gasteiger partial charge is 0.350 e. The summed E-state index contributed by atoms with van der Waals surface area (Å²) in [5.74, 6) is -0.221. The zero-order valence-corrected chi connectivity index (χ0v) is 10.9. The van der Waals surface area contributed by atoms with Gasteiger partial charge in [0.15, 0.2) is 0 Å². The molecule has 0 bridgehead atoms. The molecular formula is C13H16ClN3O. The lowest BCUT2D eigenvalue weighted by atomic mass is 9.97. The molecule has 1 N–H and O–H groups in total. The first-order valence-electron chi connectivity index (χ1n) is 6.19. The molecule has 2 rings (SSSR count). The lowest BCUT2D eigenvalue weighted by Crippen LogP contribution is -2.26. The van der Waals surface area contributed by atoms with E-state index in [9.17, 15) is 4.79 Å². The fraction of sp³-hybridized carbons (Fsp3) is 0.462. The van der Waals surface area contributed by atoms with Crippen LogP contribution in [0.15, 0.2) is 24.0 Å². The van der Waals surface area contributed by atoms with Crippen LogP contribution in [0.5, 0.6) is 0 Å². The number of hydrogen-bond acceptors (Lipinski definition) is 3. The molecule has 1 amide bonds. The molecule has 18 heavy (non-hydrogen) atoms. The first-order chi connectivity index (χ1) is 8.75. The molecule has 96 valence electrons. The monoisotopic (exact) mass is 265 g/mol. The van der Waals surface area contributed by atoms with E-state index in [1.165, 1.54) is 37.2 Å². The van der Waals surface area contributed by atoms with E-state index in [0.29, 0.717) is 6.54 Å². The van der Waals surface area contributed by atoms with Crippen LogP contribution in [0.1, 0.15) is 42.6 Å². The van der Waals surface area contributed by atoms with E-state index < -0.39 is 0 Å². The summed E-state index contributed by atoms with van der Waals surface area (Å²) in [6, 6.07) is 0. The summed E-state index contributed by atoms with van der Waals surface area (Å²) < 4.78 is 0. The van der Waals surface area contributed by atoms with Crippen LogP contribution in [-0.2, 0) is 0 Å². The van der Waals surface area contributed by atoms with Crippen LogP contribution in [0.3, 0.4) is 0 Å². The topological polar surface area (TPSA) is 54.9 Å². The summed E-state index contributed by atoms with van der Waals surface area (Å²) >= 11 is 5.68. The predicted molar refractivity (Wildman–Crippen MR) is 70.5 cm³/mol. The second-order valence-electron chi connectivity index (χ2n) is 4.34. The van der Waals surface area contributed by atoms with Gasteiger partial charge in [-0.15, -0.1) is 0 Å². The Balaban J connectivity index is 1.79. The first-order valence-corrected chi connectivity index (χ1v) is 6.57. The van der Waals surface area contributed by atoms with E-state index in [4.69, 9.17) is 11.6 Å². The molecule has 0 saturated carbocycles. The molecule has 5 heteroatoms. The third-order valence-corrected chi connectivity index (χ3v) is 3.14. The number of nitrogens with one attached hydrogen (secondary N) is 1. The standard InChI is InChI=1S/C13H16ClN3O/c14-12-9-15-8-11(17-12)13(18)16-7-6-10-4-2-1-3-5-10/h4,8-9H,1-3,5-7H2,(H,16,18). The van der Waals surface area contributed by atoms with Crippen molar-refractivity contribution in [2.75, 3.05) is 6.54 Å². The molecule has 0 saturated heterocycles. The minimum atomic E-state index is -0.221. The fourth-order valence-electron chi connectivity index (χ4n) is 2.01. The molecule has 0 aliphatic heterocycles. The van der Waals surface area contributed by atoms with Crippen molar-refractivity contribution < 1.29 is 4.79 Å². The molecule has 0 unspecified atom stereocenters. The number of carbonyl (C=O) groups excluding carboxylic acids is 1. The van der Waals surface area contributed by atoms with Crippen molar-refractivity contribution in [2.45, 2.75) is 32.1 Å². The van der Waals surface area contributed by atoms with Crippen LogP contribution in [-0.4, -0.2) is 22.4 Å². The lowest BCUT2D eigenvalue weighted by Gasteiger charge is -2.12. The van der Waals surface area contributed by atoms with Crippen LogP contribution in [0.2, 0.25) is 5.15 Å². The van der Waals surface area contributed by atoms with Crippen molar-refractivity contribution in [1.29, 1.82) is 0 Å². The second kappa shape index (κ2) is 6.50. The van der Waals surface area contributed by atoms with Gasteiger partial charge in [0.25, 0.3) is 5.91 Å². The average molecular weight is 266 g/mol. The molecule has 0 radical (unpaired) electrons. The normalized spacial score (nSPS) is 15.1. The molecule has 4 nitrogen and oxygen atoms in total. The molecule has 0 atom stereocenters. The molecule has 0 aromatic carbocycles. The molecule has 1 heterocycles. The number of rotatable bonds is 4. The van der Waals surface area contributed by atoms with Gasteiger partial charge >= 0.3 is 0 Å². The highest BCUT2D eigenvalue weighted by molar-refractivity contribution is 6.29. The lowest BCUT2D eigenvalue weighted by molar-refractivity contribution is 0.0948. The summed E-state index contributed by atoms with van der Waals surface area (Å²) in [4.78, 5) is 19.5. The van der Waals surface area contributed by atoms with E-state index in [0.717, 1.165) is 12.8 Å². The number of nitrogens with zero attached hydrogens (tertiary/aromatic N) is 2. The van der Waals surface area contributed by atoms with Crippen LogP contribution >= 0.6 is 11.6 Å². The van der Waals surface area contributed by atoms with Gasteiger partial charge in [-0.1, -0.05) is 23.3 Å². The minimum Gasteiger partial charge on any atom is -0.350 e. The third kappa shape index (κ3) is 3.81. The highest BCUT2D eigenvalue weighted by Crippen LogP contribution is 2.19. The minimum absolute atomic E-state index is 0.221. The Labute approximate surface area is 111 Å². The maximum atomic E-state index is 11.7. The van der Waals surface area contributed by atoms with Crippen molar-refractivity contribution in [2.24, 2.45) is 0 Å². The van der Waals surface area contributed by atoms with Crippen molar-refractivity contribution >= 4 is 17.5 Å². The highest BCUT2D eigenvalue weighted by atomic mass is 35.5. The fourth-order valence-corrected chi connectivity index (χ4v) is 2.16. The molecule has 0 fully saturated rings. The third-order valence-electron chi connectivity index (χ3n) is 2.95. The molecule has 1 aliphatic rings. The van der Waals surface area contributed by atoms with Crippen molar-refractivity contribution in [3.8, 4) is 0 Å². The molecule has 0 spiro atoms. The molecule has 1 aromatic rings. The number of carbonyl (C=O) groups is 1. The summed E-state index contributed by atoms with van der Waals surface area (Å²) in [6.45, 7) is 0.638. The Hall–Kier alpha value is -1.42. The molecular weight excluding hydrogens is 250 g/mol. The van der Waals surface area contributed by atoms with Gasteiger partial charge in [-0.2, -0.15) is 0 Å². The van der Waals surface area contributed by atoms with Gasteiger partial charge in [0.1, 0.15) is 10.8 Å². The number of hydrogen-bond donors (Lipinski definition) is 1. The van der Waals surface area contributed by atoms with E-state index in [1.807, 2.05) is 0 Å². The van der Waals surface area contributed by atoms with Gasteiger partial charge in [-0.3, -0.25) is 9.78 Å². The summed E-state index contributed by atoms with van der Waals surface area (Å²) in [5, 5.41) is 3.07. The second-order valence-corrected chi connectivity index (χ2v) is 4.73. The van der Waals surface area contributed by atoms with Gasteiger partial charge in [0, 0.05) is 6.54 Å². The zero-order chi connectivity index (χ0) is 12.8. The zero-order valence-electron chi connectivity index (χ0n) is 10.2. The van der Waals surface area contributed by atoms with Gasteiger partial charge in [-0.05, 0) is 32.1 Å². The summed E-state index contributed by atoms with van der Waals surface area (Å²) in [6.07, 6.45) is 10.9. The maximum Gasteiger partial charge on any atom is 0.271 e. The SMILES string of the molecule is O=C(NCCC1=CCCCC1)c1cncc(Cl)n1. The van der Waals surface area contributed by atoms with Crippen molar-refractivity contribution in [3.63, 3.8) is 0 Å². The van der Waals surface area contributed by atoms with Gasteiger partial charge in [0.2, 0.25) is 0 Å². The van der Waals surface area contributed by atoms with Gasteiger partial charge in [-0.25, -0.2) is 4.98 Å². The quantitative estimate of drug-likeness (QED) is 0.852. The Morgan fingerprint density at radius 1 is 1.39 bits per heavy atom. The number of amides is 1. The Bertz CT molecular complexity index is 459. The first kappa shape index (κ1) is 13.0. The van der Waals surface area contributed by atoms with Crippen LogP contribution < -0.4 is 5.32 Å². The Morgan fingerprint density at radius 2 is 2.28 bits per heavy atom. The highest BCUT2D eigenvalue weighted by Gasteiger charge is 2.08. The van der Waals surface area contributed by atoms with E-state index in [1.54, 1.807) is 0 Å². The number of allylic oxidation sites excluding steroid dienone is 1. The summed E-state index contributed by atoms with van der Waals surface area (Å²) in [5.41, 5.74) is 1.71. The molecule has 1 aliphatic carbocycles. The van der Waals surface area contributed by atoms with E-state index in [-0.39, 0.29) is 16.8 Å². The number of aromatic nitrogens is 2. The van der Waals surface area contributed by atoms with Crippen molar-refractivity contribution in [3.05, 3.63) is 34.9 Å². The summed E-state index contributed by atoms with van der Waals surface area (Å²) in [7, 11) is 0. The average Bonchev–Trinajstić information content (AvgIpc) is 2.40. The van der Waals surface area contributed by atoms with Gasteiger partial charge < -0.3 is 5.32 Å². The van der Waals surface area contributed by atoms with Crippen molar-refractivity contribution in [1.82, 2.24) is 15.3 Å². The van der Waals surface area contributed by atoms with E-state index in [2.05, 4.69) is 21.4 Å². The van der Waals surface area contributed by atoms with Crippen LogP contribution in [0, 0.1) is 0 Å². The Morgan fingerprint density at radius 3 is 3.00 bits per heavy atom. The smallest absolute Gasteiger partial charge is 0.271 e. The molecule has 1 aromatic heterocycles. The maximum absolute atomic E-state index is 11.7. The Kier molecular flexibility index (Phi) is 4.70. The van der Waals surface area contributed by atoms with E-state index >= 15 is 0 Å². The van der Waals surface area contributed by atoms with Crippen LogP contribution in [0.25, 0.3) is 0 Å². The van der Waals surface area contributed by atoms with Gasteiger partial charge in [0.05, 0.1) is 12.4 Å². The number of halogens is 1. The predicted octanol–water partition coefficient (Wildman–Crippen LogP) is 2.75.